The summed E-state index contributed by atoms with van der Waals surface area (Å²) in [5.41, 5.74) is 1.18. The maximum atomic E-state index is 13.3. The Morgan fingerprint density at radius 3 is 2.45 bits per heavy atom. The average Bonchev–Trinajstić information content (AvgIpc) is 3.29. The largest absolute Gasteiger partial charge is 0.465 e. The van der Waals surface area contributed by atoms with E-state index < -0.39 is 12.3 Å². The van der Waals surface area contributed by atoms with Crippen LogP contribution < -0.4 is 5.32 Å². The molecule has 1 saturated carbocycles. The van der Waals surface area contributed by atoms with Crippen LogP contribution in [0.1, 0.15) is 18.4 Å². The van der Waals surface area contributed by atoms with Gasteiger partial charge in [0.2, 0.25) is 0 Å². The summed E-state index contributed by atoms with van der Waals surface area (Å²) >= 11 is 5.53. The molecule has 0 radical (unpaired) electrons. The van der Waals surface area contributed by atoms with Crippen LogP contribution in [0.15, 0.2) is 30.3 Å². The predicted octanol–water partition coefficient (Wildman–Crippen LogP) is 3.11. The number of hydrogen-bond acceptors (Lipinski definition) is 2. The maximum Gasteiger partial charge on any atom is 0.407 e. The third kappa shape index (κ3) is 5.46. The Balaban J connectivity index is 0.000000188. The summed E-state index contributed by atoms with van der Waals surface area (Å²) in [6.07, 6.45) is 0.331. The highest BCUT2D eigenvalue weighted by molar-refractivity contribution is 6.17. The molecule has 2 aliphatic rings. The first-order valence-electron chi connectivity index (χ1n) is 7.55. The lowest BCUT2D eigenvalue weighted by atomic mass is 10.1. The van der Waals surface area contributed by atoms with Crippen molar-refractivity contribution >= 4 is 17.7 Å². The Morgan fingerprint density at radius 1 is 1.32 bits per heavy atom. The minimum atomic E-state index is -1.01. The normalized spacial score (nSPS) is 23.8. The lowest BCUT2D eigenvalue weighted by Gasteiger charge is -2.12. The zero-order chi connectivity index (χ0) is 15.9. The van der Waals surface area contributed by atoms with Gasteiger partial charge in [-0.15, -0.1) is 11.6 Å². The van der Waals surface area contributed by atoms with E-state index in [2.05, 4.69) is 5.32 Å². The van der Waals surface area contributed by atoms with Crippen molar-refractivity contribution in [2.75, 3.05) is 19.6 Å². The molecule has 4 nitrogen and oxygen atoms in total. The Morgan fingerprint density at radius 2 is 2.00 bits per heavy atom. The fourth-order valence-electron chi connectivity index (χ4n) is 2.35. The molecule has 1 aromatic carbocycles. The van der Waals surface area contributed by atoms with Crippen LogP contribution in [-0.4, -0.2) is 47.9 Å². The summed E-state index contributed by atoms with van der Waals surface area (Å²) in [6, 6.07) is 10.5. The molecule has 0 unspecified atom stereocenters. The van der Waals surface area contributed by atoms with Gasteiger partial charge in [0, 0.05) is 30.9 Å². The number of carboxylic acid groups (broad SMARTS) is 1. The van der Waals surface area contributed by atoms with E-state index in [1.54, 1.807) is 0 Å². The second-order valence-electron chi connectivity index (χ2n) is 5.77. The number of nitrogens with zero attached hydrogens (tertiary/aromatic N) is 1. The topological polar surface area (TPSA) is 52.6 Å². The number of likely N-dealkylation sites (tertiary alicyclic amines) is 1. The molecule has 2 N–H and O–H groups in total. The summed E-state index contributed by atoms with van der Waals surface area (Å²) in [7, 11) is 0. The van der Waals surface area contributed by atoms with Crippen molar-refractivity contribution in [1.29, 1.82) is 0 Å². The van der Waals surface area contributed by atoms with E-state index in [1.807, 2.05) is 30.3 Å². The third-order valence-corrected chi connectivity index (χ3v) is 4.18. The van der Waals surface area contributed by atoms with Gasteiger partial charge in [0.15, 0.2) is 0 Å². The van der Waals surface area contributed by atoms with E-state index in [-0.39, 0.29) is 12.5 Å². The van der Waals surface area contributed by atoms with Gasteiger partial charge in [-0.25, -0.2) is 9.18 Å². The van der Waals surface area contributed by atoms with Gasteiger partial charge in [-0.2, -0.15) is 0 Å². The number of alkyl halides is 2. The fraction of sp³-hybridized carbons (Fsp3) is 0.562. The molecular weight excluding hydrogens is 307 g/mol. The molecule has 1 amide bonds. The van der Waals surface area contributed by atoms with Crippen molar-refractivity contribution in [3.63, 3.8) is 0 Å². The van der Waals surface area contributed by atoms with Crippen LogP contribution >= 0.6 is 11.6 Å². The molecule has 1 heterocycles. The number of halogens is 2. The molecule has 1 aliphatic heterocycles. The summed E-state index contributed by atoms with van der Waals surface area (Å²) < 4.78 is 13.3. The van der Waals surface area contributed by atoms with E-state index in [0.29, 0.717) is 25.0 Å². The van der Waals surface area contributed by atoms with Gasteiger partial charge >= 0.3 is 6.09 Å². The lowest BCUT2D eigenvalue weighted by Crippen LogP contribution is -2.31. The second kappa shape index (κ2) is 8.34. The maximum absolute atomic E-state index is 13.3. The predicted molar refractivity (Wildman–Crippen MR) is 85.0 cm³/mol. The van der Waals surface area contributed by atoms with Crippen molar-refractivity contribution in [3.05, 3.63) is 35.9 Å². The van der Waals surface area contributed by atoms with E-state index in [0.717, 1.165) is 4.90 Å². The number of nitrogens with one attached hydrogen (secondary N) is 1. The van der Waals surface area contributed by atoms with E-state index in [4.69, 9.17) is 16.7 Å². The molecule has 122 valence electrons. The van der Waals surface area contributed by atoms with E-state index in [9.17, 15) is 9.18 Å². The van der Waals surface area contributed by atoms with Gasteiger partial charge in [-0.05, 0) is 18.4 Å². The summed E-state index contributed by atoms with van der Waals surface area (Å²) in [4.78, 5) is 11.7. The van der Waals surface area contributed by atoms with Crippen LogP contribution in [0, 0.1) is 5.92 Å². The summed E-state index contributed by atoms with van der Waals surface area (Å²) in [6.45, 7) is 0.970. The molecular formula is C16H22ClFN2O2. The van der Waals surface area contributed by atoms with Crippen LogP contribution in [0.3, 0.4) is 0 Å². The summed E-state index contributed by atoms with van der Waals surface area (Å²) in [5, 5.41) is 11.9. The van der Waals surface area contributed by atoms with Gasteiger partial charge in [-0.3, -0.25) is 0 Å². The van der Waals surface area contributed by atoms with Crippen molar-refractivity contribution in [3.8, 4) is 0 Å². The molecule has 0 bridgehead atoms. The number of rotatable bonds is 4. The molecule has 0 aromatic heterocycles. The number of amides is 1. The lowest BCUT2D eigenvalue weighted by molar-refractivity contribution is 0.152. The molecule has 1 aromatic rings. The first-order chi connectivity index (χ1) is 10.6. The van der Waals surface area contributed by atoms with E-state index >= 15 is 0 Å². The SMILES string of the molecule is ClCc1ccccc1.O=C(O)N1C[C@H](CNC2CC2)[C@H](F)C1. The van der Waals surface area contributed by atoms with Crippen molar-refractivity contribution < 1.29 is 14.3 Å². The van der Waals surface area contributed by atoms with Gasteiger partial charge in [0.1, 0.15) is 6.17 Å². The van der Waals surface area contributed by atoms with Gasteiger partial charge in [0.25, 0.3) is 0 Å². The van der Waals surface area contributed by atoms with E-state index in [1.165, 1.54) is 18.4 Å². The van der Waals surface area contributed by atoms with Crippen LogP contribution in [0.2, 0.25) is 0 Å². The Bertz CT molecular complexity index is 470. The first-order valence-corrected chi connectivity index (χ1v) is 8.08. The quantitative estimate of drug-likeness (QED) is 0.835. The highest BCUT2D eigenvalue weighted by Crippen LogP contribution is 2.23. The Hall–Kier alpha value is -1.33. The second-order valence-corrected chi connectivity index (χ2v) is 6.03. The molecule has 2 fully saturated rings. The standard InChI is InChI=1S/C9H15FN2O2.C7H7Cl/c10-8-5-12(9(13)14)4-6(8)3-11-7-1-2-7;8-6-7-4-2-1-3-5-7/h6-8,11H,1-5H2,(H,13,14);1-5H,6H2/t6-,8+;/m0./s1. The number of carbonyl (C=O) groups is 1. The molecule has 1 aliphatic carbocycles. The molecule has 3 rings (SSSR count). The smallest absolute Gasteiger partial charge is 0.407 e. The average molecular weight is 329 g/mol. The molecule has 22 heavy (non-hydrogen) atoms. The van der Waals surface area contributed by atoms with Crippen molar-refractivity contribution in [2.45, 2.75) is 30.9 Å². The zero-order valence-electron chi connectivity index (χ0n) is 12.4. The van der Waals surface area contributed by atoms with Gasteiger partial charge in [0.05, 0.1) is 6.54 Å². The molecule has 0 spiro atoms. The van der Waals surface area contributed by atoms with Crippen LogP contribution in [-0.2, 0) is 5.88 Å². The molecule has 2 atom stereocenters. The minimum absolute atomic E-state index is 0.0341. The minimum Gasteiger partial charge on any atom is -0.465 e. The monoisotopic (exact) mass is 328 g/mol. The fourth-order valence-corrected chi connectivity index (χ4v) is 2.53. The third-order valence-electron chi connectivity index (χ3n) is 3.87. The Kier molecular flexibility index (Phi) is 6.46. The van der Waals surface area contributed by atoms with Crippen LogP contribution in [0.4, 0.5) is 9.18 Å². The highest BCUT2D eigenvalue weighted by Gasteiger charge is 2.36. The van der Waals surface area contributed by atoms with Gasteiger partial charge < -0.3 is 15.3 Å². The van der Waals surface area contributed by atoms with Crippen molar-refractivity contribution in [2.24, 2.45) is 5.92 Å². The van der Waals surface area contributed by atoms with Crippen molar-refractivity contribution in [1.82, 2.24) is 10.2 Å². The highest BCUT2D eigenvalue weighted by atomic mass is 35.5. The molecule has 6 heteroatoms. The first kappa shape index (κ1) is 17.0. The number of benzene rings is 1. The van der Waals surface area contributed by atoms with Crippen LogP contribution in [0.25, 0.3) is 0 Å². The molecule has 1 saturated heterocycles. The summed E-state index contributed by atoms with van der Waals surface area (Å²) in [5.74, 6) is 0.451. The van der Waals surface area contributed by atoms with Gasteiger partial charge in [-0.1, -0.05) is 30.3 Å². The Labute approximate surface area is 135 Å². The van der Waals surface area contributed by atoms with Crippen LogP contribution in [0.5, 0.6) is 0 Å². The number of hydrogen-bond donors (Lipinski definition) is 2. The zero-order valence-corrected chi connectivity index (χ0v) is 13.2.